The van der Waals surface area contributed by atoms with Crippen LogP contribution in [0.5, 0.6) is 0 Å². The molecule has 4 aromatic carbocycles. The molecule has 0 fully saturated rings. The second-order valence-corrected chi connectivity index (χ2v) is 9.78. The van der Waals surface area contributed by atoms with Gasteiger partial charge in [0.1, 0.15) is 0 Å². The molecule has 0 aromatic heterocycles. The minimum atomic E-state index is -3.67. The Labute approximate surface area is 210 Å². The maximum absolute atomic E-state index is 12.7. The summed E-state index contributed by atoms with van der Waals surface area (Å²) in [6.45, 7) is 0.280. The molecule has 4 aromatic rings. The van der Waals surface area contributed by atoms with Crippen molar-refractivity contribution in [1.82, 2.24) is 4.72 Å². The van der Waals surface area contributed by atoms with Gasteiger partial charge >= 0.3 is 0 Å². The van der Waals surface area contributed by atoms with E-state index in [0.29, 0.717) is 28.9 Å². The van der Waals surface area contributed by atoms with Crippen molar-refractivity contribution in [3.05, 3.63) is 126 Å². The van der Waals surface area contributed by atoms with Crippen molar-refractivity contribution < 1.29 is 18.0 Å². The van der Waals surface area contributed by atoms with Crippen LogP contribution in [0.1, 0.15) is 26.3 Å². The highest BCUT2D eigenvalue weighted by Gasteiger charge is 2.14. The van der Waals surface area contributed by atoms with Crippen molar-refractivity contribution in [1.29, 1.82) is 0 Å². The molecule has 4 rings (SSSR count). The van der Waals surface area contributed by atoms with E-state index in [4.69, 9.17) is 0 Å². The van der Waals surface area contributed by atoms with Crippen LogP contribution in [0.2, 0.25) is 0 Å². The summed E-state index contributed by atoms with van der Waals surface area (Å²) < 4.78 is 27.7. The highest BCUT2D eigenvalue weighted by molar-refractivity contribution is 7.89. The monoisotopic (exact) mass is 499 g/mol. The Kier molecular flexibility index (Phi) is 7.89. The Hall–Kier alpha value is -4.27. The molecule has 7 nitrogen and oxygen atoms in total. The summed E-state index contributed by atoms with van der Waals surface area (Å²) in [5, 5.41) is 5.52. The second kappa shape index (κ2) is 11.4. The Balaban J connectivity index is 1.35. The molecule has 8 heteroatoms. The molecule has 0 aliphatic heterocycles. The van der Waals surface area contributed by atoms with Crippen molar-refractivity contribution in [3.8, 4) is 0 Å². The van der Waals surface area contributed by atoms with Crippen LogP contribution >= 0.6 is 0 Å². The van der Waals surface area contributed by atoms with Gasteiger partial charge in [0, 0.05) is 29.0 Å². The van der Waals surface area contributed by atoms with Gasteiger partial charge in [-0.05, 0) is 66.6 Å². The second-order valence-electron chi connectivity index (χ2n) is 8.01. The van der Waals surface area contributed by atoms with E-state index >= 15 is 0 Å². The molecule has 0 saturated carbocycles. The van der Waals surface area contributed by atoms with Crippen molar-refractivity contribution in [2.24, 2.45) is 0 Å². The van der Waals surface area contributed by atoms with E-state index < -0.39 is 10.0 Å². The number of anilines is 2. The van der Waals surface area contributed by atoms with Crippen molar-refractivity contribution in [3.63, 3.8) is 0 Å². The first-order valence-electron chi connectivity index (χ1n) is 11.3. The molecular formula is C28H25N3O4S. The van der Waals surface area contributed by atoms with E-state index in [1.807, 2.05) is 36.4 Å². The third-order valence-corrected chi connectivity index (χ3v) is 6.87. The van der Waals surface area contributed by atoms with Gasteiger partial charge in [-0.25, -0.2) is 13.1 Å². The topological polar surface area (TPSA) is 104 Å². The summed E-state index contributed by atoms with van der Waals surface area (Å²) in [6.07, 6.45) is 0.582. The Morgan fingerprint density at radius 3 is 1.89 bits per heavy atom. The number of rotatable bonds is 9. The molecule has 0 aliphatic rings. The average Bonchev–Trinajstić information content (AvgIpc) is 2.90. The molecule has 0 radical (unpaired) electrons. The SMILES string of the molecule is O=C(Nc1cccc(C(=O)Nc2ccc(S(=O)(=O)NCCc3ccccc3)cc2)c1)c1ccccc1. The summed E-state index contributed by atoms with van der Waals surface area (Å²) in [7, 11) is -3.67. The Morgan fingerprint density at radius 2 is 1.19 bits per heavy atom. The molecular weight excluding hydrogens is 474 g/mol. The van der Waals surface area contributed by atoms with Crippen LogP contribution < -0.4 is 15.4 Å². The largest absolute Gasteiger partial charge is 0.322 e. The maximum atomic E-state index is 12.7. The highest BCUT2D eigenvalue weighted by Crippen LogP contribution is 2.17. The number of nitrogens with one attached hydrogen (secondary N) is 3. The van der Waals surface area contributed by atoms with Crippen LogP contribution in [0.3, 0.4) is 0 Å². The van der Waals surface area contributed by atoms with Crippen LogP contribution in [-0.2, 0) is 16.4 Å². The predicted molar refractivity (Wildman–Crippen MR) is 141 cm³/mol. The molecule has 182 valence electrons. The van der Waals surface area contributed by atoms with Gasteiger partial charge < -0.3 is 10.6 Å². The van der Waals surface area contributed by atoms with Gasteiger partial charge in [-0.2, -0.15) is 0 Å². The number of carbonyl (C=O) groups excluding carboxylic acids is 2. The van der Waals surface area contributed by atoms with Crippen LogP contribution in [0, 0.1) is 0 Å². The van der Waals surface area contributed by atoms with Gasteiger partial charge in [0.2, 0.25) is 10.0 Å². The predicted octanol–water partition coefficient (Wildman–Crippen LogP) is 4.71. The quantitative estimate of drug-likeness (QED) is 0.310. The molecule has 3 N–H and O–H groups in total. The fraction of sp³-hybridized carbons (Fsp3) is 0.0714. The van der Waals surface area contributed by atoms with Crippen molar-refractivity contribution in [2.45, 2.75) is 11.3 Å². The van der Waals surface area contributed by atoms with Crippen molar-refractivity contribution >= 4 is 33.2 Å². The van der Waals surface area contributed by atoms with Crippen LogP contribution in [0.4, 0.5) is 11.4 Å². The van der Waals surface area contributed by atoms with Gasteiger partial charge in [-0.15, -0.1) is 0 Å². The van der Waals surface area contributed by atoms with Gasteiger partial charge in [-0.1, -0.05) is 54.6 Å². The van der Waals surface area contributed by atoms with Crippen molar-refractivity contribution in [2.75, 3.05) is 17.2 Å². The fourth-order valence-electron chi connectivity index (χ4n) is 3.51. The van der Waals surface area contributed by atoms with Gasteiger partial charge in [-0.3, -0.25) is 9.59 Å². The number of amides is 2. The van der Waals surface area contributed by atoms with E-state index in [1.54, 1.807) is 48.5 Å². The van der Waals surface area contributed by atoms with E-state index in [9.17, 15) is 18.0 Å². The molecule has 0 spiro atoms. The summed E-state index contributed by atoms with van der Waals surface area (Å²) in [6, 6.07) is 30.9. The lowest BCUT2D eigenvalue weighted by molar-refractivity contribution is 0.101. The minimum absolute atomic E-state index is 0.110. The fourth-order valence-corrected chi connectivity index (χ4v) is 4.54. The highest BCUT2D eigenvalue weighted by atomic mass is 32.2. The third kappa shape index (κ3) is 6.65. The summed E-state index contributed by atoms with van der Waals surface area (Å²) >= 11 is 0. The van der Waals surface area contributed by atoms with Gasteiger partial charge in [0.25, 0.3) is 11.8 Å². The third-order valence-electron chi connectivity index (χ3n) is 5.39. The number of sulfonamides is 1. The number of carbonyl (C=O) groups is 2. The normalized spacial score (nSPS) is 11.0. The van der Waals surface area contributed by atoms with E-state index in [1.165, 1.54) is 24.3 Å². The summed E-state index contributed by atoms with van der Waals surface area (Å²) in [5.74, 6) is -0.662. The van der Waals surface area contributed by atoms with Gasteiger partial charge in [0.05, 0.1) is 4.90 Å². The zero-order chi connectivity index (χ0) is 25.4. The van der Waals surface area contributed by atoms with Gasteiger partial charge in [0.15, 0.2) is 0 Å². The first kappa shape index (κ1) is 24.8. The lowest BCUT2D eigenvalue weighted by atomic mass is 10.1. The molecule has 2 amide bonds. The maximum Gasteiger partial charge on any atom is 0.255 e. The van der Waals surface area contributed by atoms with E-state index in [2.05, 4.69) is 15.4 Å². The van der Waals surface area contributed by atoms with Crippen LogP contribution in [-0.4, -0.2) is 26.8 Å². The van der Waals surface area contributed by atoms with E-state index in [-0.39, 0.29) is 23.3 Å². The molecule has 0 bridgehead atoms. The minimum Gasteiger partial charge on any atom is -0.322 e. The standard InChI is InChI=1S/C28H25N3O4S/c32-27(22-10-5-2-6-11-22)31-25-13-7-12-23(20-25)28(33)30-24-14-16-26(17-15-24)36(34,35)29-19-18-21-8-3-1-4-9-21/h1-17,20,29H,18-19H2,(H,30,33)(H,31,32). The zero-order valence-corrected chi connectivity index (χ0v) is 20.2. The number of hydrogen-bond donors (Lipinski definition) is 3. The van der Waals surface area contributed by atoms with Crippen LogP contribution in [0.15, 0.2) is 114 Å². The first-order valence-corrected chi connectivity index (χ1v) is 12.8. The molecule has 0 atom stereocenters. The molecule has 0 saturated heterocycles. The molecule has 36 heavy (non-hydrogen) atoms. The molecule has 0 aliphatic carbocycles. The summed E-state index contributed by atoms with van der Waals surface area (Å²) in [5.41, 5.74) is 2.83. The lowest BCUT2D eigenvalue weighted by Crippen LogP contribution is -2.26. The molecule has 0 heterocycles. The summed E-state index contributed by atoms with van der Waals surface area (Å²) in [4.78, 5) is 25.2. The zero-order valence-electron chi connectivity index (χ0n) is 19.3. The van der Waals surface area contributed by atoms with Crippen LogP contribution in [0.25, 0.3) is 0 Å². The molecule has 0 unspecified atom stereocenters. The first-order chi connectivity index (χ1) is 17.4. The Bertz CT molecular complexity index is 1440. The lowest BCUT2D eigenvalue weighted by Gasteiger charge is -2.10. The number of hydrogen-bond acceptors (Lipinski definition) is 4. The number of benzene rings is 4. The van der Waals surface area contributed by atoms with E-state index in [0.717, 1.165) is 5.56 Å². The smallest absolute Gasteiger partial charge is 0.255 e. The average molecular weight is 500 g/mol. The Morgan fingerprint density at radius 1 is 0.611 bits per heavy atom.